The summed E-state index contributed by atoms with van der Waals surface area (Å²) in [5.74, 6) is 0.339. The molecular formula is C25H17N7O. The highest BCUT2D eigenvalue weighted by Gasteiger charge is 2.17. The van der Waals surface area contributed by atoms with Crippen LogP contribution in [0.5, 0.6) is 0 Å². The van der Waals surface area contributed by atoms with E-state index in [4.69, 9.17) is 4.98 Å². The number of amides is 1. The maximum Gasteiger partial charge on any atom is 0.273 e. The fourth-order valence-corrected chi connectivity index (χ4v) is 3.85. The monoisotopic (exact) mass is 431 g/mol. The van der Waals surface area contributed by atoms with Crippen molar-refractivity contribution in [2.24, 2.45) is 0 Å². The van der Waals surface area contributed by atoms with Crippen LogP contribution in [0, 0.1) is 0 Å². The Balaban J connectivity index is 1.40. The van der Waals surface area contributed by atoms with E-state index in [1.54, 1.807) is 6.07 Å². The Bertz CT molecular complexity index is 1600. The average Bonchev–Trinajstić information content (AvgIpc) is 3.49. The molecule has 0 bridgehead atoms. The highest BCUT2D eigenvalue weighted by Crippen LogP contribution is 2.28. The van der Waals surface area contributed by atoms with Crippen LogP contribution >= 0.6 is 0 Å². The van der Waals surface area contributed by atoms with Gasteiger partial charge in [-0.1, -0.05) is 72.8 Å². The van der Waals surface area contributed by atoms with Crippen LogP contribution in [0.1, 0.15) is 10.4 Å². The molecule has 2 N–H and O–H groups in total. The van der Waals surface area contributed by atoms with Gasteiger partial charge in [0, 0.05) is 10.9 Å². The molecular weight excluding hydrogens is 414 g/mol. The Hall–Kier alpha value is -4.85. The largest absolute Gasteiger partial charge is 0.289 e. The quantitative estimate of drug-likeness (QED) is 0.425. The first-order valence-electron chi connectivity index (χ1n) is 10.4. The Morgan fingerprint density at radius 1 is 0.818 bits per heavy atom. The smallest absolute Gasteiger partial charge is 0.273 e. The molecule has 0 atom stereocenters. The lowest BCUT2D eigenvalue weighted by Gasteiger charge is -2.10. The highest BCUT2D eigenvalue weighted by atomic mass is 16.1. The van der Waals surface area contributed by atoms with E-state index in [2.05, 4.69) is 49.9 Å². The van der Waals surface area contributed by atoms with E-state index in [1.165, 1.54) is 10.8 Å². The third-order valence-corrected chi connectivity index (χ3v) is 5.49. The Labute approximate surface area is 188 Å². The molecule has 0 radical (unpaired) electrons. The molecule has 6 rings (SSSR count). The van der Waals surface area contributed by atoms with Gasteiger partial charge in [0.15, 0.2) is 0 Å². The van der Waals surface area contributed by atoms with E-state index in [-0.39, 0.29) is 11.9 Å². The number of anilines is 1. The number of nitrogens with one attached hydrogen (secondary N) is 2. The number of hydrogen-bond donors (Lipinski definition) is 2. The van der Waals surface area contributed by atoms with Crippen LogP contribution in [-0.2, 0) is 0 Å². The number of aromatic nitrogens is 6. The summed E-state index contributed by atoms with van der Waals surface area (Å²) < 4.78 is 1.50. The molecule has 158 valence electrons. The minimum Gasteiger partial charge on any atom is -0.289 e. The van der Waals surface area contributed by atoms with Crippen molar-refractivity contribution >= 4 is 28.5 Å². The molecule has 3 aromatic carbocycles. The van der Waals surface area contributed by atoms with Crippen LogP contribution in [0.15, 0.2) is 91.3 Å². The van der Waals surface area contributed by atoms with Crippen molar-refractivity contribution < 1.29 is 4.79 Å². The van der Waals surface area contributed by atoms with Gasteiger partial charge in [0.25, 0.3) is 17.6 Å². The first kappa shape index (κ1) is 18.9. The maximum atomic E-state index is 13.3. The van der Waals surface area contributed by atoms with Gasteiger partial charge in [0.05, 0.1) is 16.8 Å². The van der Waals surface area contributed by atoms with Gasteiger partial charge in [-0.05, 0) is 23.3 Å². The van der Waals surface area contributed by atoms with Crippen LogP contribution < -0.4 is 5.32 Å². The number of fused-ring (bicyclic) bond motifs is 2. The molecule has 6 aromatic rings. The van der Waals surface area contributed by atoms with Crippen LogP contribution in [-0.4, -0.2) is 35.7 Å². The Morgan fingerprint density at radius 3 is 2.39 bits per heavy atom. The van der Waals surface area contributed by atoms with Crippen molar-refractivity contribution in [2.45, 2.75) is 0 Å². The third kappa shape index (κ3) is 3.39. The number of rotatable bonds is 4. The van der Waals surface area contributed by atoms with Crippen molar-refractivity contribution in [2.75, 3.05) is 5.32 Å². The SMILES string of the molecule is O=C(Nc1nnc2nc[nH]n12)c1cc(-c2ccc(-c3ccccc3)cc2)nc2ccccc12. The number of pyridine rings is 1. The highest BCUT2D eigenvalue weighted by molar-refractivity contribution is 6.12. The summed E-state index contributed by atoms with van der Waals surface area (Å²) >= 11 is 0. The summed E-state index contributed by atoms with van der Waals surface area (Å²) in [4.78, 5) is 22.1. The molecule has 0 aliphatic carbocycles. The standard InChI is InChI=1S/C25H17N7O/c33-23(29-25-31-30-24-26-15-27-32(24)25)20-14-22(28-21-9-5-4-8-19(20)21)18-12-10-17(11-13-18)16-6-2-1-3-7-16/h1-15H,(H,26,27,30)(H,29,31,33). The van der Waals surface area contributed by atoms with E-state index in [0.717, 1.165) is 27.6 Å². The molecule has 1 amide bonds. The van der Waals surface area contributed by atoms with Crippen molar-refractivity contribution in [3.8, 4) is 22.4 Å². The first-order valence-corrected chi connectivity index (χ1v) is 10.4. The number of carbonyl (C=O) groups excluding carboxylic acids is 1. The molecule has 0 saturated heterocycles. The summed E-state index contributed by atoms with van der Waals surface area (Å²) in [5, 5.41) is 14.4. The van der Waals surface area contributed by atoms with Crippen LogP contribution in [0.3, 0.4) is 0 Å². The Morgan fingerprint density at radius 2 is 1.55 bits per heavy atom. The van der Waals surface area contributed by atoms with E-state index < -0.39 is 0 Å². The lowest BCUT2D eigenvalue weighted by Crippen LogP contribution is -2.15. The molecule has 3 heterocycles. The van der Waals surface area contributed by atoms with E-state index in [0.29, 0.717) is 17.0 Å². The topological polar surface area (TPSA) is 101 Å². The fourth-order valence-electron chi connectivity index (χ4n) is 3.85. The number of hydrogen-bond acceptors (Lipinski definition) is 5. The maximum absolute atomic E-state index is 13.3. The lowest BCUT2D eigenvalue weighted by molar-refractivity contribution is 0.102. The number of aromatic amines is 1. The molecule has 0 spiro atoms. The molecule has 0 saturated carbocycles. The van der Waals surface area contributed by atoms with Crippen LogP contribution in [0.25, 0.3) is 39.1 Å². The van der Waals surface area contributed by atoms with Gasteiger partial charge < -0.3 is 0 Å². The molecule has 3 aromatic heterocycles. The van der Waals surface area contributed by atoms with Crippen LogP contribution in [0.2, 0.25) is 0 Å². The number of nitrogens with zero attached hydrogens (tertiary/aromatic N) is 5. The lowest BCUT2D eigenvalue weighted by atomic mass is 10.0. The van der Waals surface area contributed by atoms with Gasteiger partial charge in [-0.2, -0.15) is 9.50 Å². The second-order valence-corrected chi connectivity index (χ2v) is 7.52. The number of carbonyl (C=O) groups is 1. The summed E-state index contributed by atoms with van der Waals surface area (Å²) in [6.45, 7) is 0. The zero-order valence-electron chi connectivity index (χ0n) is 17.3. The van der Waals surface area contributed by atoms with Crippen molar-refractivity contribution in [1.29, 1.82) is 0 Å². The number of para-hydroxylation sites is 1. The van der Waals surface area contributed by atoms with Gasteiger partial charge in [-0.3, -0.25) is 15.2 Å². The summed E-state index contributed by atoms with van der Waals surface area (Å²) in [6.07, 6.45) is 1.48. The molecule has 8 nitrogen and oxygen atoms in total. The van der Waals surface area contributed by atoms with E-state index in [9.17, 15) is 4.79 Å². The number of H-pyrrole nitrogens is 1. The van der Waals surface area contributed by atoms with E-state index >= 15 is 0 Å². The second kappa shape index (κ2) is 7.69. The number of benzene rings is 3. The van der Waals surface area contributed by atoms with Gasteiger partial charge in [0.2, 0.25) is 0 Å². The van der Waals surface area contributed by atoms with Crippen LogP contribution in [0.4, 0.5) is 5.95 Å². The molecule has 0 unspecified atom stereocenters. The summed E-state index contributed by atoms with van der Waals surface area (Å²) in [5.41, 5.74) is 5.14. The minimum atomic E-state index is -0.306. The Kier molecular flexibility index (Phi) is 4.40. The fraction of sp³-hybridized carbons (Fsp3) is 0. The first-order chi connectivity index (χ1) is 16.3. The average molecular weight is 431 g/mol. The van der Waals surface area contributed by atoms with Gasteiger partial charge in [0.1, 0.15) is 6.33 Å². The molecule has 8 heteroatoms. The minimum absolute atomic E-state index is 0.266. The second-order valence-electron chi connectivity index (χ2n) is 7.52. The predicted octanol–water partition coefficient (Wildman–Crippen LogP) is 4.59. The molecule has 0 fully saturated rings. The third-order valence-electron chi connectivity index (χ3n) is 5.49. The molecule has 0 aliphatic heterocycles. The van der Waals surface area contributed by atoms with Gasteiger partial charge >= 0.3 is 0 Å². The zero-order valence-corrected chi connectivity index (χ0v) is 17.3. The molecule has 0 aliphatic rings. The summed E-state index contributed by atoms with van der Waals surface area (Å²) in [6, 6.07) is 27.7. The van der Waals surface area contributed by atoms with Gasteiger partial charge in [-0.25, -0.2) is 4.98 Å². The predicted molar refractivity (Wildman–Crippen MR) is 126 cm³/mol. The zero-order chi connectivity index (χ0) is 22.2. The summed E-state index contributed by atoms with van der Waals surface area (Å²) in [7, 11) is 0. The van der Waals surface area contributed by atoms with Crippen molar-refractivity contribution in [3.63, 3.8) is 0 Å². The van der Waals surface area contributed by atoms with Gasteiger partial charge in [-0.15, -0.1) is 10.2 Å². The van der Waals surface area contributed by atoms with Crippen molar-refractivity contribution in [3.05, 3.63) is 96.8 Å². The van der Waals surface area contributed by atoms with Crippen molar-refractivity contribution in [1.82, 2.24) is 29.8 Å². The van der Waals surface area contributed by atoms with E-state index in [1.807, 2.05) is 54.6 Å². The molecule has 33 heavy (non-hydrogen) atoms. The normalized spacial score (nSPS) is 11.2.